The van der Waals surface area contributed by atoms with Crippen LogP contribution in [-0.4, -0.2) is 17.2 Å². The molecule has 1 aromatic carbocycles. The second kappa shape index (κ2) is 3.29. The van der Waals surface area contributed by atoms with E-state index in [-0.39, 0.29) is 11.1 Å². The molecule has 64 valence electrons. The van der Waals surface area contributed by atoms with Gasteiger partial charge in [0.05, 0.1) is 0 Å². The van der Waals surface area contributed by atoms with Crippen molar-refractivity contribution in [2.24, 2.45) is 0 Å². The van der Waals surface area contributed by atoms with Crippen molar-refractivity contribution in [1.82, 2.24) is 0 Å². The van der Waals surface area contributed by atoms with E-state index in [1.54, 1.807) is 6.92 Å². The van der Waals surface area contributed by atoms with Gasteiger partial charge in [0.1, 0.15) is 0 Å². The smallest absolute Gasteiger partial charge is 0.423 e. The van der Waals surface area contributed by atoms with Gasteiger partial charge in [0.2, 0.25) is 0 Å². The average Bonchev–Trinajstić information content (AvgIpc) is 2.12. The van der Waals surface area contributed by atoms with Crippen molar-refractivity contribution in [3.05, 3.63) is 28.8 Å². The summed E-state index contributed by atoms with van der Waals surface area (Å²) in [4.78, 5) is 0. The van der Waals surface area contributed by atoms with Crippen LogP contribution in [0.2, 0.25) is 0 Å². The number of benzene rings is 1. The summed E-state index contributed by atoms with van der Waals surface area (Å²) in [5.74, 6) is 0. The van der Waals surface area contributed by atoms with Crippen molar-refractivity contribution in [2.45, 2.75) is 20.6 Å². The Bertz CT molecular complexity index is 416. The molecule has 0 aromatic heterocycles. The van der Waals surface area contributed by atoms with Gasteiger partial charge in [-0.1, -0.05) is 28.8 Å². The van der Waals surface area contributed by atoms with Crippen LogP contribution in [-0.2, 0) is 0 Å². The van der Waals surface area contributed by atoms with Gasteiger partial charge in [-0.15, -0.1) is 0 Å². The molecule has 0 heterocycles. The van der Waals surface area contributed by atoms with E-state index < -0.39 is 26.3 Å². The van der Waals surface area contributed by atoms with Gasteiger partial charge in [-0.2, -0.15) is 0 Å². The largest absolute Gasteiger partial charge is 0.488 e. The highest BCUT2D eigenvalue weighted by Crippen LogP contribution is 2.05. The third-order valence-corrected chi connectivity index (χ3v) is 1.58. The van der Waals surface area contributed by atoms with E-state index in [9.17, 15) is 10.0 Å². The van der Waals surface area contributed by atoms with Crippen LogP contribution in [0.3, 0.4) is 0 Å². The summed E-state index contributed by atoms with van der Waals surface area (Å²) >= 11 is 0. The average molecular weight is 170 g/mol. The van der Waals surface area contributed by atoms with Crippen molar-refractivity contribution in [2.75, 3.05) is 0 Å². The Labute approximate surface area is 81.4 Å². The van der Waals surface area contributed by atoms with Gasteiger partial charge in [0, 0.05) is 8.22 Å². The normalized spacial score (nSPS) is 19.6. The Hall–Kier alpha value is -0.795. The Morgan fingerprint density at radius 3 is 2.08 bits per heavy atom. The lowest BCUT2D eigenvalue weighted by molar-refractivity contribution is 0.425. The fourth-order valence-electron chi connectivity index (χ4n) is 1.08. The van der Waals surface area contributed by atoms with Crippen LogP contribution in [0.15, 0.2) is 12.1 Å². The first-order valence-electron chi connectivity index (χ1n) is 6.46. The Balaban J connectivity index is 3.68. The molecule has 0 aliphatic rings. The third kappa shape index (κ3) is 1.68. The molecule has 1 aromatic rings. The first-order valence-corrected chi connectivity index (χ1v) is 3.46. The lowest BCUT2D eigenvalue weighted by Crippen LogP contribution is -2.34. The Kier molecular flexibility index (Phi) is 1.08. The van der Waals surface area contributed by atoms with Crippen molar-refractivity contribution >= 4 is 12.6 Å². The highest BCUT2D eigenvalue weighted by atomic mass is 16.4. The zero-order chi connectivity index (χ0) is 14.3. The van der Waals surface area contributed by atoms with E-state index in [1.165, 1.54) is 12.1 Å². The third-order valence-electron chi connectivity index (χ3n) is 1.58. The van der Waals surface area contributed by atoms with E-state index in [1.807, 2.05) is 0 Å². The first kappa shape index (κ1) is 3.94. The predicted octanol–water partition coefficient (Wildman–Crippen LogP) is 0.292. The van der Waals surface area contributed by atoms with Crippen molar-refractivity contribution in [3.63, 3.8) is 0 Å². The van der Waals surface area contributed by atoms with E-state index in [0.29, 0.717) is 5.56 Å². The second-order valence-corrected chi connectivity index (χ2v) is 2.65. The minimum atomic E-state index is -2.61. The first-order chi connectivity index (χ1) is 7.94. The molecule has 12 heavy (non-hydrogen) atoms. The highest BCUT2D eigenvalue weighted by molar-refractivity contribution is 6.59. The molecule has 0 atom stereocenters. The van der Waals surface area contributed by atoms with Gasteiger partial charge in [-0.05, 0) is 26.1 Å². The quantitative estimate of drug-likeness (QED) is 0.594. The fraction of sp³-hybridized carbons (Fsp3) is 0.333. The molecule has 1 rings (SSSR count). The van der Waals surface area contributed by atoms with Crippen molar-refractivity contribution in [1.29, 1.82) is 0 Å². The summed E-state index contributed by atoms with van der Waals surface area (Å²) < 4.78 is 44.0. The van der Waals surface area contributed by atoms with Gasteiger partial charge in [0.25, 0.3) is 0 Å². The van der Waals surface area contributed by atoms with Crippen LogP contribution >= 0.6 is 0 Å². The molecular formula is C9H13BO2. The van der Waals surface area contributed by atoms with Gasteiger partial charge in [-0.3, -0.25) is 0 Å². The summed E-state index contributed by atoms with van der Waals surface area (Å²) in [6.07, 6.45) is 0. The van der Waals surface area contributed by atoms with Gasteiger partial charge in [0.15, 0.2) is 0 Å². The maximum atomic E-state index is 9.26. The van der Waals surface area contributed by atoms with E-state index in [2.05, 4.69) is 0 Å². The topological polar surface area (TPSA) is 40.5 Å². The van der Waals surface area contributed by atoms with Crippen molar-refractivity contribution < 1.29 is 18.3 Å². The maximum absolute atomic E-state index is 9.26. The summed E-state index contributed by atoms with van der Waals surface area (Å²) in [6, 6.07) is 2.49. The number of hydrogen-bond acceptors (Lipinski definition) is 2. The molecule has 0 saturated heterocycles. The molecule has 0 aliphatic heterocycles. The van der Waals surface area contributed by atoms with Crippen molar-refractivity contribution in [3.8, 4) is 0 Å². The van der Waals surface area contributed by atoms with Crippen LogP contribution in [0.5, 0.6) is 0 Å². The summed E-state index contributed by atoms with van der Waals surface area (Å²) in [5, 5.41) is 18.5. The Morgan fingerprint density at radius 1 is 1.25 bits per heavy atom. The van der Waals surface area contributed by atoms with Crippen LogP contribution in [0.4, 0.5) is 0 Å². The zero-order valence-corrected chi connectivity index (χ0v) is 6.63. The molecule has 0 radical (unpaired) electrons. The summed E-state index contributed by atoms with van der Waals surface area (Å²) in [7, 11) is -2.14. The van der Waals surface area contributed by atoms with Crippen LogP contribution in [0.1, 0.15) is 24.9 Å². The van der Waals surface area contributed by atoms with Crippen LogP contribution in [0.25, 0.3) is 0 Å². The number of hydrogen-bond donors (Lipinski definition) is 2. The van der Waals surface area contributed by atoms with Crippen LogP contribution < -0.4 is 5.46 Å². The van der Waals surface area contributed by atoms with Gasteiger partial charge < -0.3 is 10.0 Å². The summed E-state index contributed by atoms with van der Waals surface area (Å²) in [5.41, 5.74) is -0.704. The monoisotopic (exact) mass is 170 g/mol. The number of rotatable bonds is 1. The minimum Gasteiger partial charge on any atom is -0.423 e. The molecule has 3 heteroatoms. The lowest BCUT2D eigenvalue weighted by atomic mass is 9.74. The molecule has 0 unspecified atom stereocenters. The van der Waals surface area contributed by atoms with E-state index in [0.717, 1.165) is 0 Å². The zero-order valence-electron chi connectivity index (χ0n) is 12.6. The predicted molar refractivity (Wildman–Crippen MR) is 50.5 cm³/mol. The molecule has 0 aliphatic carbocycles. The van der Waals surface area contributed by atoms with E-state index in [4.69, 9.17) is 8.22 Å². The molecule has 0 bridgehead atoms. The SMILES string of the molecule is [2H]C([2H])([2H])c1cc(C)cc(C([2H])([2H])[2H])c1B(O)O. The minimum absolute atomic E-state index is 0.344. The molecule has 0 spiro atoms. The molecule has 0 saturated carbocycles. The number of aryl methyl sites for hydroxylation is 3. The molecular weight excluding hydrogens is 151 g/mol. The molecule has 2 nitrogen and oxygen atoms in total. The molecule has 0 fully saturated rings. The van der Waals surface area contributed by atoms with Gasteiger partial charge in [-0.25, -0.2) is 0 Å². The fourth-order valence-corrected chi connectivity index (χ4v) is 1.08. The van der Waals surface area contributed by atoms with E-state index >= 15 is 0 Å². The molecule has 2 N–H and O–H groups in total. The highest BCUT2D eigenvalue weighted by Gasteiger charge is 2.16. The maximum Gasteiger partial charge on any atom is 0.488 e. The molecule has 0 amide bonds. The summed E-state index contributed by atoms with van der Waals surface area (Å²) in [6.45, 7) is -3.66. The Morgan fingerprint density at radius 2 is 1.75 bits per heavy atom. The van der Waals surface area contributed by atoms with Crippen LogP contribution in [0, 0.1) is 20.6 Å². The standard InChI is InChI=1S/C9H13BO2/c1-6-4-7(2)9(10(11)12)8(3)5-6/h4-5,11-12H,1-3H3/i2D3,3D3. The lowest BCUT2D eigenvalue weighted by Gasteiger charge is -2.09. The van der Waals surface area contributed by atoms with Gasteiger partial charge >= 0.3 is 7.12 Å². The second-order valence-electron chi connectivity index (χ2n) is 2.65.